The number of carbonyl (C=O) groups excluding carboxylic acids is 3. The molecule has 0 unspecified atom stereocenters. The van der Waals surface area contributed by atoms with E-state index in [0.29, 0.717) is 40.7 Å². The molecule has 0 bridgehead atoms. The Morgan fingerprint density at radius 1 is 1.23 bits per heavy atom. The summed E-state index contributed by atoms with van der Waals surface area (Å²) in [4.78, 5) is 41.8. The average Bonchev–Trinajstić information content (AvgIpc) is 3.20. The number of benzene rings is 1. The smallest absolute Gasteiger partial charge is 0.321 e. The van der Waals surface area contributed by atoms with Crippen molar-refractivity contribution < 1.29 is 28.8 Å². The normalized spacial score (nSPS) is 18.3. The van der Waals surface area contributed by atoms with Crippen molar-refractivity contribution in [3.8, 4) is 5.75 Å². The Morgan fingerprint density at radius 3 is 2.56 bits per heavy atom. The second kappa shape index (κ2) is 12.8. The van der Waals surface area contributed by atoms with Crippen molar-refractivity contribution in [2.24, 2.45) is 5.92 Å². The highest BCUT2D eigenvalue weighted by Crippen LogP contribution is 2.29. The zero-order chi connectivity index (χ0) is 28.9. The van der Waals surface area contributed by atoms with Crippen molar-refractivity contribution in [1.82, 2.24) is 20.3 Å². The molecule has 0 saturated carbocycles. The molecule has 1 aromatic carbocycles. The molecule has 1 aliphatic rings. The lowest BCUT2D eigenvalue weighted by atomic mass is 10.0. The molecule has 39 heavy (non-hydrogen) atoms. The molecule has 1 aliphatic heterocycles. The molecular weight excluding hydrogens is 504 g/mol. The molecule has 0 saturated heterocycles. The van der Waals surface area contributed by atoms with Crippen LogP contribution in [0.5, 0.6) is 5.75 Å². The zero-order valence-corrected chi connectivity index (χ0v) is 23.7. The van der Waals surface area contributed by atoms with Crippen LogP contribution in [0.1, 0.15) is 44.7 Å². The van der Waals surface area contributed by atoms with E-state index in [1.807, 2.05) is 20.8 Å². The van der Waals surface area contributed by atoms with Gasteiger partial charge in [-0.1, -0.05) is 12.1 Å². The van der Waals surface area contributed by atoms with Crippen LogP contribution in [0.25, 0.3) is 0 Å². The first-order chi connectivity index (χ1) is 18.4. The predicted octanol–water partition coefficient (Wildman–Crippen LogP) is 3.13. The number of nitrogens with one attached hydrogen (secondary N) is 3. The van der Waals surface area contributed by atoms with Crippen LogP contribution in [-0.4, -0.2) is 83.0 Å². The maximum atomic E-state index is 13.4. The summed E-state index contributed by atoms with van der Waals surface area (Å²) in [6.45, 7) is 11.3. The van der Waals surface area contributed by atoms with Crippen molar-refractivity contribution >= 4 is 29.3 Å². The SMILES string of the molecule is Cc1noc(C)c1NC(=O)N(C)C[C@@H]1Oc2ccc(NC(=O)NC(C)C)cc2CC(=O)N([C@@H](C)CO)C[C@H]1C. The van der Waals surface area contributed by atoms with Gasteiger partial charge in [0.15, 0.2) is 5.76 Å². The molecule has 1 aromatic heterocycles. The van der Waals surface area contributed by atoms with Gasteiger partial charge in [-0.3, -0.25) is 4.79 Å². The Labute approximate surface area is 229 Å². The van der Waals surface area contributed by atoms with Crippen LogP contribution < -0.4 is 20.7 Å². The number of amides is 5. The second-order valence-corrected chi connectivity index (χ2v) is 10.5. The van der Waals surface area contributed by atoms with E-state index in [9.17, 15) is 19.5 Å². The Bertz CT molecular complexity index is 1160. The van der Waals surface area contributed by atoms with E-state index in [2.05, 4.69) is 21.1 Å². The molecule has 0 spiro atoms. The van der Waals surface area contributed by atoms with Gasteiger partial charge in [-0.2, -0.15) is 0 Å². The van der Waals surface area contributed by atoms with Gasteiger partial charge in [0, 0.05) is 36.8 Å². The first-order valence-electron chi connectivity index (χ1n) is 13.1. The van der Waals surface area contributed by atoms with Crippen LogP contribution >= 0.6 is 0 Å². The number of aliphatic hydroxyl groups excluding tert-OH is 1. The largest absolute Gasteiger partial charge is 0.488 e. The molecule has 0 radical (unpaired) electrons. The van der Waals surface area contributed by atoms with E-state index >= 15 is 0 Å². The molecule has 2 heterocycles. The van der Waals surface area contributed by atoms with E-state index in [0.717, 1.165) is 0 Å². The van der Waals surface area contributed by atoms with Crippen LogP contribution in [-0.2, 0) is 11.2 Å². The summed E-state index contributed by atoms with van der Waals surface area (Å²) in [6.07, 6.45) is -0.450. The molecule has 3 rings (SSSR count). The van der Waals surface area contributed by atoms with Gasteiger partial charge in [0.05, 0.1) is 25.6 Å². The lowest BCUT2D eigenvalue weighted by Gasteiger charge is -2.34. The molecule has 4 N–H and O–H groups in total. The summed E-state index contributed by atoms with van der Waals surface area (Å²) in [6, 6.07) is 4.01. The summed E-state index contributed by atoms with van der Waals surface area (Å²) in [7, 11) is 1.66. The fourth-order valence-corrected chi connectivity index (χ4v) is 4.37. The van der Waals surface area contributed by atoms with Gasteiger partial charge in [-0.05, 0) is 52.8 Å². The third kappa shape index (κ3) is 7.62. The number of likely N-dealkylation sites (N-methyl/N-ethyl adjacent to an activating group) is 1. The highest BCUT2D eigenvalue weighted by atomic mass is 16.5. The Hall–Kier alpha value is -3.80. The van der Waals surface area contributed by atoms with E-state index < -0.39 is 12.1 Å². The van der Waals surface area contributed by atoms with Crippen molar-refractivity contribution in [2.75, 3.05) is 37.4 Å². The Kier molecular flexibility index (Phi) is 9.79. The molecular formula is C27H40N6O6. The average molecular weight is 545 g/mol. The van der Waals surface area contributed by atoms with Gasteiger partial charge in [-0.15, -0.1) is 0 Å². The molecule has 0 aliphatic carbocycles. The van der Waals surface area contributed by atoms with Gasteiger partial charge in [0.1, 0.15) is 23.2 Å². The highest BCUT2D eigenvalue weighted by molar-refractivity contribution is 5.91. The van der Waals surface area contributed by atoms with Gasteiger partial charge in [0.2, 0.25) is 5.91 Å². The van der Waals surface area contributed by atoms with Crippen LogP contribution in [0.3, 0.4) is 0 Å². The van der Waals surface area contributed by atoms with E-state index in [1.54, 1.807) is 50.9 Å². The number of carbonyl (C=O) groups is 3. The van der Waals surface area contributed by atoms with Crippen molar-refractivity contribution in [2.45, 2.75) is 66.2 Å². The minimum absolute atomic E-state index is 0.0306. The second-order valence-electron chi connectivity index (χ2n) is 10.5. The van der Waals surface area contributed by atoms with E-state index in [4.69, 9.17) is 9.26 Å². The van der Waals surface area contributed by atoms with Gasteiger partial charge in [-0.25, -0.2) is 9.59 Å². The summed E-state index contributed by atoms with van der Waals surface area (Å²) in [5.41, 5.74) is 2.22. The summed E-state index contributed by atoms with van der Waals surface area (Å²) >= 11 is 0. The number of hydrogen-bond acceptors (Lipinski definition) is 7. The first-order valence-corrected chi connectivity index (χ1v) is 13.1. The maximum absolute atomic E-state index is 13.4. The summed E-state index contributed by atoms with van der Waals surface area (Å²) in [5.74, 6) is 0.655. The predicted molar refractivity (Wildman–Crippen MR) is 147 cm³/mol. The number of aromatic nitrogens is 1. The van der Waals surface area contributed by atoms with Gasteiger partial charge >= 0.3 is 12.1 Å². The number of hydrogen-bond donors (Lipinski definition) is 4. The van der Waals surface area contributed by atoms with Crippen LogP contribution in [0.4, 0.5) is 21.0 Å². The monoisotopic (exact) mass is 544 g/mol. The Balaban J connectivity index is 1.88. The van der Waals surface area contributed by atoms with Crippen molar-refractivity contribution in [3.05, 3.63) is 35.2 Å². The molecule has 214 valence electrons. The van der Waals surface area contributed by atoms with E-state index in [-0.39, 0.29) is 49.5 Å². The maximum Gasteiger partial charge on any atom is 0.321 e. The Morgan fingerprint density at radius 2 is 1.95 bits per heavy atom. The quantitative estimate of drug-likeness (QED) is 0.418. The number of aryl methyl sites for hydroxylation is 2. The van der Waals surface area contributed by atoms with Gasteiger partial charge < -0.3 is 40.1 Å². The number of nitrogens with zero attached hydrogens (tertiary/aromatic N) is 3. The lowest BCUT2D eigenvalue weighted by molar-refractivity contribution is -0.134. The number of ether oxygens (including phenoxy) is 1. The highest BCUT2D eigenvalue weighted by Gasteiger charge is 2.32. The topological polar surface area (TPSA) is 149 Å². The van der Waals surface area contributed by atoms with Gasteiger partial charge in [0.25, 0.3) is 0 Å². The number of anilines is 2. The lowest BCUT2D eigenvalue weighted by Crippen LogP contribution is -2.48. The molecule has 12 nitrogen and oxygen atoms in total. The summed E-state index contributed by atoms with van der Waals surface area (Å²) < 4.78 is 11.6. The number of aliphatic hydroxyl groups is 1. The number of urea groups is 2. The van der Waals surface area contributed by atoms with Crippen LogP contribution in [0, 0.1) is 19.8 Å². The molecule has 2 aromatic rings. The van der Waals surface area contributed by atoms with Crippen molar-refractivity contribution in [3.63, 3.8) is 0 Å². The first kappa shape index (κ1) is 29.8. The number of rotatable bonds is 7. The third-order valence-corrected chi connectivity index (χ3v) is 6.66. The summed E-state index contributed by atoms with van der Waals surface area (Å²) in [5, 5.41) is 22.1. The fraction of sp³-hybridized carbons (Fsp3) is 0.556. The third-order valence-electron chi connectivity index (χ3n) is 6.66. The fourth-order valence-electron chi connectivity index (χ4n) is 4.37. The van der Waals surface area contributed by atoms with Crippen molar-refractivity contribution in [1.29, 1.82) is 0 Å². The minimum atomic E-state index is -0.480. The number of fused-ring (bicyclic) bond motifs is 1. The molecule has 3 atom stereocenters. The standard InChI is InChI=1S/C27H40N6O6/c1-15(2)28-26(36)29-21-8-9-22-20(10-21)11-24(35)33(17(4)14-34)12-16(3)23(38-22)13-32(7)27(37)30-25-18(5)31-39-19(25)6/h8-10,15-17,23,34H,11-14H2,1-7H3,(H,30,37)(H2,28,29,36)/t16-,17+,23+/m1/s1. The molecule has 0 fully saturated rings. The molecule has 5 amide bonds. The molecule has 12 heteroatoms. The van der Waals surface area contributed by atoms with Crippen LogP contribution in [0.2, 0.25) is 0 Å². The van der Waals surface area contributed by atoms with Crippen LogP contribution in [0.15, 0.2) is 22.7 Å². The minimum Gasteiger partial charge on any atom is -0.488 e. The van der Waals surface area contributed by atoms with E-state index in [1.165, 1.54) is 4.90 Å². The zero-order valence-electron chi connectivity index (χ0n) is 23.7.